The summed E-state index contributed by atoms with van der Waals surface area (Å²) in [4.78, 5) is 11.0. The molecule has 1 unspecified atom stereocenters. The fourth-order valence-corrected chi connectivity index (χ4v) is 3.81. The zero-order chi connectivity index (χ0) is 7.33. The summed E-state index contributed by atoms with van der Waals surface area (Å²) in [5.41, 5.74) is -2.69. The van der Waals surface area contributed by atoms with Gasteiger partial charge in [-0.15, -0.1) is 11.4 Å². The van der Waals surface area contributed by atoms with Crippen molar-refractivity contribution < 1.29 is 25.9 Å². The van der Waals surface area contributed by atoms with Crippen LogP contribution < -0.4 is 4.89 Å². The molecule has 0 aliphatic heterocycles. The predicted octanol–water partition coefficient (Wildman–Crippen LogP) is 1.36. The Balaban J connectivity index is 0. The van der Waals surface area contributed by atoms with Gasteiger partial charge in [0.25, 0.3) is 0 Å². The summed E-state index contributed by atoms with van der Waals surface area (Å²) < 4.78 is 4.80. The first-order valence-corrected chi connectivity index (χ1v) is 6.95. The summed E-state index contributed by atoms with van der Waals surface area (Å²) in [6, 6.07) is 0. The van der Waals surface area contributed by atoms with Crippen LogP contribution in [-0.4, -0.2) is 12.4 Å². The molecule has 0 saturated carbocycles. The first-order valence-electron chi connectivity index (χ1n) is 2.72. The van der Waals surface area contributed by atoms with Crippen molar-refractivity contribution in [3.63, 3.8) is 0 Å². The molecule has 0 saturated heterocycles. The Kier molecular flexibility index (Phi) is 9.89. The monoisotopic (exact) mass is 243 g/mol. The molecule has 0 spiro atoms. The fourth-order valence-electron chi connectivity index (χ4n) is 0.353. The SMILES string of the molecule is CCOP([O-])(=S)SCC.[Ni+2]. The van der Waals surface area contributed by atoms with Gasteiger partial charge in [-0.3, -0.25) is 0 Å². The van der Waals surface area contributed by atoms with Crippen molar-refractivity contribution in [3.8, 4) is 0 Å². The van der Waals surface area contributed by atoms with Crippen LogP contribution in [0.3, 0.4) is 0 Å². The van der Waals surface area contributed by atoms with E-state index < -0.39 is 5.69 Å². The molecular weight excluding hydrogens is 234 g/mol. The van der Waals surface area contributed by atoms with Gasteiger partial charge in [0.2, 0.25) is 0 Å². The Bertz CT molecular complexity index is 112. The molecule has 0 aliphatic carbocycles. The molecule has 10 heavy (non-hydrogen) atoms. The average Bonchev–Trinajstić information content (AvgIpc) is 1.64. The third kappa shape index (κ3) is 7.52. The largest absolute Gasteiger partial charge is 2.00 e. The van der Waals surface area contributed by atoms with Gasteiger partial charge in [-0.05, 0) is 12.7 Å². The van der Waals surface area contributed by atoms with E-state index in [1.165, 1.54) is 11.4 Å². The van der Waals surface area contributed by atoms with Crippen molar-refractivity contribution in [3.05, 3.63) is 0 Å². The fraction of sp³-hybridized carbons (Fsp3) is 1.00. The second-order valence-electron chi connectivity index (χ2n) is 1.28. The van der Waals surface area contributed by atoms with Crippen molar-refractivity contribution in [2.75, 3.05) is 12.4 Å². The first-order chi connectivity index (χ1) is 4.12. The minimum atomic E-state index is -2.69. The predicted molar refractivity (Wildman–Crippen MR) is 44.0 cm³/mol. The molecule has 0 N–H and O–H groups in total. The molecule has 2 nitrogen and oxygen atoms in total. The van der Waals surface area contributed by atoms with Crippen LogP contribution in [0.1, 0.15) is 13.8 Å². The summed E-state index contributed by atoms with van der Waals surface area (Å²) >= 11 is 5.84. The molecule has 1 atom stereocenters. The van der Waals surface area contributed by atoms with Crippen LogP contribution >= 0.6 is 17.1 Å². The van der Waals surface area contributed by atoms with Gasteiger partial charge in [-0.25, -0.2) is 0 Å². The molecule has 0 bridgehead atoms. The van der Waals surface area contributed by atoms with Crippen molar-refractivity contribution in [2.24, 2.45) is 0 Å². The van der Waals surface area contributed by atoms with E-state index in [1.54, 1.807) is 6.92 Å². The summed E-state index contributed by atoms with van der Waals surface area (Å²) in [7, 11) is 0. The smallest absolute Gasteiger partial charge is 0.793 e. The molecule has 0 aromatic rings. The minimum absolute atomic E-state index is 0. The summed E-state index contributed by atoms with van der Waals surface area (Å²) in [6.45, 7) is 4.13. The van der Waals surface area contributed by atoms with Gasteiger partial charge in [0.15, 0.2) is 0 Å². The normalized spacial score (nSPS) is 15.5. The molecular formula is C4H10NiO2PS2+. The molecule has 0 heterocycles. The van der Waals surface area contributed by atoms with Crippen molar-refractivity contribution in [1.82, 2.24) is 0 Å². The molecule has 0 aromatic heterocycles. The summed E-state index contributed by atoms with van der Waals surface area (Å²) in [5, 5.41) is 0. The zero-order valence-corrected chi connectivity index (χ0v) is 9.33. The van der Waals surface area contributed by atoms with Gasteiger partial charge in [-0.1, -0.05) is 18.7 Å². The van der Waals surface area contributed by atoms with Crippen LogP contribution in [-0.2, 0) is 32.8 Å². The maximum atomic E-state index is 11.0. The molecule has 0 rings (SSSR count). The maximum absolute atomic E-state index is 11.0. The quantitative estimate of drug-likeness (QED) is 0.552. The van der Waals surface area contributed by atoms with E-state index in [4.69, 9.17) is 4.52 Å². The van der Waals surface area contributed by atoms with E-state index in [-0.39, 0.29) is 16.5 Å². The molecule has 6 heteroatoms. The Hall–Kier alpha value is 1.41. The van der Waals surface area contributed by atoms with Crippen LogP contribution in [0.5, 0.6) is 0 Å². The van der Waals surface area contributed by atoms with Crippen molar-refractivity contribution >= 4 is 28.9 Å². The standard InChI is InChI=1S/C4H11O2PS2.Ni/c1-3-6-7(5,8)9-4-2;/h3-4H2,1-2H3,(H,5,8);/q;+2/p-1. The molecule has 0 aromatic carbocycles. The zero-order valence-electron chi connectivity index (χ0n) is 5.81. The number of hydrogen-bond acceptors (Lipinski definition) is 4. The Labute approximate surface area is 81.0 Å². The van der Waals surface area contributed by atoms with Crippen LogP contribution in [0.25, 0.3) is 0 Å². The topological polar surface area (TPSA) is 32.3 Å². The van der Waals surface area contributed by atoms with Gasteiger partial charge in [0.1, 0.15) is 0 Å². The minimum Gasteiger partial charge on any atom is -0.793 e. The van der Waals surface area contributed by atoms with Gasteiger partial charge in [0, 0.05) is 12.3 Å². The second kappa shape index (κ2) is 7.08. The third-order valence-electron chi connectivity index (χ3n) is 0.574. The Morgan fingerprint density at radius 2 is 2.10 bits per heavy atom. The maximum Gasteiger partial charge on any atom is 2.00 e. The number of rotatable bonds is 4. The molecule has 0 radical (unpaired) electrons. The van der Waals surface area contributed by atoms with Gasteiger partial charge in [0.05, 0.1) is 0 Å². The van der Waals surface area contributed by atoms with E-state index >= 15 is 0 Å². The van der Waals surface area contributed by atoms with E-state index in [1.807, 2.05) is 6.92 Å². The van der Waals surface area contributed by atoms with E-state index in [0.717, 1.165) is 5.75 Å². The molecule has 0 amide bonds. The Morgan fingerprint density at radius 3 is 2.40 bits per heavy atom. The molecule has 0 fully saturated rings. The average molecular weight is 244 g/mol. The van der Waals surface area contributed by atoms with Crippen LogP contribution in [0.2, 0.25) is 0 Å². The van der Waals surface area contributed by atoms with Gasteiger partial charge in [-0.2, -0.15) is 0 Å². The second-order valence-corrected chi connectivity index (χ2v) is 7.62. The van der Waals surface area contributed by atoms with Crippen LogP contribution in [0.15, 0.2) is 0 Å². The van der Waals surface area contributed by atoms with Gasteiger partial charge < -0.3 is 9.42 Å². The van der Waals surface area contributed by atoms with Gasteiger partial charge >= 0.3 is 16.5 Å². The van der Waals surface area contributed by atoms with E-state index in [2.05, 4.69) is 11.8 Å². The van der Waals surface area contributed by atoms with E-state index in [9.17, 15) is 4.89 Å². The van der Waals surface area contributed by atoms with Crippen LogP contribution in [0, 0.1) is 0 Å². The first kappa shape index (κ1) is 14.0. The molecule has 64 valence electrons. The van der Waals surface area contributed by atoms with E-state index in [0.29, 0.717) is 6.61 Å². The summed E-state index contributed by atoms with van der Waals surface area (Å²) in [5.74, 6) is 0.751. The molecule has 0 aliphatic rings. The van der Waals surface area contributed by atoms with Crippen molar-refractivity contribution in [2.45, 2.75) is 13.8 Å². The number of hydrogen-bond donors (Lipinski definition) is 0. The Morgan fingerprint density at radius 1 is 1.60 bits per heavy atom. The van der Waals surface area contributed by atoms with Crippen molar-refractivity contribution in [1.29, 1.82) is 0 Å². The summed E-state index contributed by atoms with van der Waals surface area (Å²) in [6.07, 6.45) is 0. The third-order valence-corrected chi connectivity index (χ3v) is 5.03. The van der Waals surface area contributed by atoms with Crippen LogP contribution in [0.4, 0.5) is 0 Å².